The second-order valence-corrected chi connectivity index (χ2v) is 8.19. The van der Waals surface area contributed by atoms with Crippen LogP contribution in [0.4, 0.5) is 14.5 Å². The summed E-state index contributed by atoms with van der Waals surface area (Å²) in [5, 5.41) is 14.5. The molecule has 0 unspecified atom stereocenters. The Morgan fingerprint density at radius 2 is 2.17 bits per heavy atom. The molecule has 2 amide bonds. The number of anilines is 1. The summed E-state index contributed by atoms with van der Waals surface area (Å²) in [6.45, 7) is -0.954. The highest BCUT2D eigenvalue weighted by atomic mass is 19.3. The zero-order valence-corrected chi connectivity index (χ0v) is 18.9. The van der Waals surface area contributed by atoms with Crippen LogP contribution in [0.5, 0.6) is 0 Å². The van der Waals surface area contributed by atoms with Gasteiger partial charge >= 0.3 is 0 Å². The minimum Gasteiger partial charge on any atom is -0.362 e. The molecule has 0 saturated carbocycles. The minimum absolute atomic E-state index is 0.0424. The lowest BCUT2D eigenvalue weighted by Crippen LogP contribution is -2.41. The third kappa shape index (κ3) is 5.59. The fraction of sp³-hybridized carbons (Fsp3) is 0.348. The summed E-state index contributed by atoms with van der Waals surface area (Å²) in [4.78, 5) is 34.1. The van der Waals surface area contributed by atoms with Gasteiger partial charge in [0.2, 0.25) is 5.91 Å². The van der Waals surface area contributed by atoms with Gasteiger partial charge in [-0.1, -0.05) is 0 Å². The molecule has 2 N–H and O–H groups in total. The maximum absolute atomic E-state index is 13.5. The molecule has 35 heavy (non-hydrogen) atoms. The first kappa shape index (κ1) is 24.2. The lowest BCUT2D eigenvalue weighted by Gasteiger charge is -2.19. The molecule has 1 fully saturated rings. The number of amides is 2. The smallest absolute Gasteiger partial charge is 0.268 e. The Kier molecular flexibility index (Phi) is 6.99. The van der Waals surface area contributed by atoms with Crippen molar-refractivity contribution in [3.63, 3.8) is 0 Å². The zero-order chi connectivity index (χ0) is 25.0. The van der Waals surface area contributed by atoms with Gasteiger partial charge in [0.05, 0.1) is 61.7 Å². The molecule has 3 aromatic rings. The van der Waals surface area contributed by atoms with Crippen molar-refractivity contribution in [1.82, 2.24) is 24.8 Å². The van der Waals surface area contributed by atoms with E-state index in [9.17, 15) is 18.4 Å². The van der Waals surface area contributed by atoms with Crippen LogP contribution in [-0.2, 0) is 23.2 Å². The van der Waals surface area contributed by atoms with Crippen LogP contribution in [-0.4, -0.2) is 63.0 Å². The monoisotopic (exact) mass is 483 g/mol. The first-order valence-corrected chi connectivity index (χ1v) is 10.8. The Bertz CT molecular complexity index is 1290. The molecular weight excluding hydrogens is 460 g/mol. The summed E-state index contributed by atoms with van der Waals surface area (Å²) in [5.41, 5.74) is 3.17. The van der Waals surface area contributed by atoms with Crippen LogP contribution in [0.25, 0.3) is 11.0 Å². The topological polar surface area (TPSA) is 125 Å². The molecule has 3 heterocycles. The summed E-state index contributed by atoms with van der Waals surface area (Å²) >= 11 is 0. The van der Waals surface area contributed by atoms with Crippen LogP contribution in [0.3, 0.4) is 0 Å². The number of rotatable bonds is 8. The van der Waals surface area contributed by atoms with Crippen LogP contribution in [0.1, 0.15) is 22.3 Å². The summed E-state index contributed by atoms with van der Waals surface area (Å²) in [5.74, 6) is -3.98. The number of nitrogens with one attached hydrogen (secondary N) is 2. The first-order chi connectivity index (χ1) is 16.8. The molecule has 1 saturated heterocycles. The fourth-order valence-electron chi connectivity index (χ4n) is 3.82. The van der Waals surface area contributed by atoms with Crippen molar-refractivity contribution in [3.8, 4) is 6.07 Å². The van der Waals surface area contributed by atoms with Crippen molar-refractivity contribution >= 4 is 28.5 Å². The van der Waals surface area contributed by atoms with Crippen LogP contribution < -0.4 is 10.6 Å². The number of hydrogen-bond donors (Lipinski definition) is 2. The Labute approximate surface area is 199 Å². The van der Waals surface area contributed by atoms with Gasteiger partial charge in [-0.15, -0.1) is 0 Å². The molecule has 10 nitrogen and oxygen atoms in total. The van der Waals surface area contributed by atoms with Gasteiger partial charge in [-0.2, -0.15) is 5.26 Å². The number of ether oxygens (including phenoxy) is 1. The molecule has 1 aliphatic heterocycles. The Hall–Kier alpha value is -3.95. The number of pyridine rings is 1. The molecule has 2 aromatic heterocycles. The maximum Gasteiger partial charge on any atom is 0.268 e. The highest BCUT2D eigenvalue weighted by Gasteiger charge is 2.46. The number of halogens is 2. The third-order valence-electron chi connectivity index (χ3n) is 5.62. The average Bonchev–Trinajstić information content (AvgIpc) is 3.37. The predicted octanol–water partition coefficient (Wildman–Crippen LogP) is 2.04. The number of carbonyl (C=O) groups excluding carboxylic acids is 2. The number of hydrogen-bond acceptors (Lipinski definition) is 7. The number of nitriles is 1. The van der Waals surface area contributed by atoms with E-state index in [2.05, 4.69) is 20.6 Å². The van der Waals surface area contributed by atoms with Gasteiger partial charge < -0.3 is 19.5 Å². The van der Waals surface area contributed by atoms with Crippen molar-refractivity contribution in [2.75, 3.05) is 25.1 Å². The van der Waals surface area contributed by atoms with E-state index in [0.29, 0.717) is 22.3 Å². The molecule has 0 aliphatic carbocycles. The lowest BCUT2D eigenvalue weighted by molar-refractivity contribution is -0.131. The van der Waals surface area contributed by atoms with Crippen LogP contribution in [0, 0.1) is 11.3 Å². The highest BCUT2D eigenvalue weighted by Crippen LogP contribution is 2.31. The number of imidazole rings is 1. The second-order valence-electron chi connectivity index (χ2n) is 8.19. The van der Waals surface area contributed by atoms with Crippen molar-refractivity contribution in [2.24, 2.45) is 7.05 Å². The van der Waals surface area contributed by atoms with Crippen LogP contribution >= 0.6 is 0 Å². The SMILES string of the molecule is Cn1cnc2cc(C(=O)Nc3cnccc3COCNCC(=O)N3CC(F)(F)C[C@H]3C#N)ccc21. The van der Waals surface area contributed by atoms with Gasteiger partial charge in [0.15, 0.2) is 0 Å². The second kappa shape index (κ2) is 10.1. The van der Waals surface area contributed by atoms with E-state index in [-0.39, 0.29) is 25.8 Å². The van der Waals surface area contributed by atoms with Gasteiger partial charge in [-0.3, -0.25) is 19.9 Å². The van der Waals surface area contributed by atoms with E-state index in [1.807, 2.05) is 17.7 Å². The molecule has 182 valence electrons. The molecule has 1 atom stereocenters. The third-order valence-corrected chi connectivity index (χ3v) is 5.62. The van der Waals surface area contributed by atoms with E-state index in [4.69, 9.17) is 10.00 Å². The minimum atomic E-state index is -3.06. The van der Waals surface area contributed by atoms with Gasteiger partial charge in [0, 0.05) is 30.8 Å². The van der Waals surface area contributed by atoms with Crippen LogP contribution in [0.15, 0.2) is 43.0 Å². The largest absolute Gasteiger partial charge is 0.362 e. The molecule has 1 aliphatic rings. The van der Waals surface area contributed by atoms with E-state index in [0.717, 1.165) is 10.4 Å². The average molecular weight is 483 g/mol. The van der Waals surface area contributed by atoms with Gasteiger partial charge in [-0.25, -0.2) is 13.8 Å². The molecule has 0 bridgehead atoms. The van der Waals surface area contributed by atoms with Crippen LogP contribution in [0.2, 0.25) is 0 Å². The number of fused-ring (bicyclic) bond motifs is 1. The van der Waals surface area contributed by atoms with E-state index >= 15 is 0 Å². The first-order valence-electron chi connectivity index (χ1n) is 10.8. The molecule has 1 aromatic carbocycles. The number of carbonyl (C=O) groups is 2. The summed E-state index contributed by atoms with van der Waals surface area (Å²) < 4.78 is 34.4. The van der Waals surface area contributed by atoms with Gasteiger partial charge in [0.25, 0.3) is 11.8 Å². The van der Waals surface area contributed by atoms with Gasteiger partial charge in [0.1, 0.15) is 6.04 Å². The standard InChI is InChI=1S/C23H23F2N7O3/c1-31-13-29-18-6-15(2-3-20(18)31)22(34)30-19-9-27-5-4-16(19)11-35-14-28-10-21(33)32-12-23(24,25)7-17(32)8-26/h2-6,9,13,17,28H,7,10-12,14H2,1H3,(H,30,34)/t17-/m0/s1. The summed E-state index contributed by atoms with van der Waals surface area (Å²) in [6.07, 6.45) is 4.08. The number of aromatic nitrogens is 3. The highest BCUT2D eigenvalue weighted by molar-refractivity contribution is 6.06. The van der Waals surface area contributed by atoms with E-state index in [1.165, 1.54) is 6.20 Å². The van der Waals surface area contributed by atoms with E-state index < -0.39 is 30.8 Å². The number of benzene rings is 1. The summed E-state index contributed by atoms with van der Waals surface area (Å²) in [6, 6.07) is 7.51. The molecule has 12 heteroatoms. The normalized spacial score (nSPS) is 16.9. The number of alkyl halides is 2. The molecular formula is C23H23F2N7O3. The van der Waals surface area contributed by atoms with Crippen molar-refractivity contribution in [1.29, 1.82) is 5.26 Å². The number of aryl methyl sites for hydroxylation is 1. The fourth-order valence-corrected chi connectivity index (χ4v) is 3.82. The Morgan fingerprint density at radius 3 is 2.97 bits per heavy atom. The van der Waals surface area contributed by atoms with Crippen molar-refractivity contribution < 1.29 is 23.1 Å². The number of likely N-dealkylation sites (tertiary alicyclic amines) is 1. The van der Waals surface area contributed by atoms with E-state index in [1.54, 1.807) is 36.8 Å². The Morgan fingerprint density at radius 1 is 1.34 bits per heavy atom. The zero-order valence-electron chi connectivity index (χ0n) is 18.9. The molecule has 0 radical (unpaired) electrons. The predicted molar refractivity (Wildman–Crippen MR) is 121 cm³/mol. The lowest BCUT2D eigenvalue weighted by atomic mass is 10.1. The Balaban J connectivity index is 1.28. The number of nitrogens with zero attached hydrogens (tertiary/aromatic N) is 5. The quantitative estimate of drug-likeness (QED) is 0.371. The van der Waals surface area contributed by atoms with Crippen molar-refractivity contribution in [3.05, 3.63) is 54.1 Å². The maximum atomic E-state index is 13.5. The molecule has 4 rings (SSSR count). The van der Waals surface area contributed by atoms with Gasteiger partial charge in [-0.05, 0) is 24.3 Å². The molecule has 0 spiro atoms. The van der Waals surface area contributed by atoms with Crippen molar-refractivity contribution in [2.45, 2.75) is 25.0 Å². The summed E-state index contributed by atoms with van der Waals surface area (Å²) in [7, 11) is 1.87.